The monoisotopic (exact) mass is 435 g/mol. The third-order valence-electron chi connectivity index (χ3n) is 5.97. The number of likely N-dealkylation sites (tertiary alicyclic amines) is 1. The van der Waals surface area contributed by atoms with Crippen LogP contribution in [0.3, 0.4) is 0 Å². The first-order valence-electron chi connectivity index (χ1n) is 10.7. The highest BCUT2D eigenvalue weighted by molar-refractivity contribution is 6.30. The first-order valence-corrected chi connectivity index (χ1v) is 11.1. The predicted molar refractivity (Wildman–Crippen MR) is 123 cm³/mol. The minimum Gasteiger partial charge on any atom is -0.337 e. The number of hydrogen-bond donors (Lipinski definition) is 0. The van der Waals surface area contributed by atoms with E-state index in [1.165, 1.54) is 11.6 Å². The van der Waals surface area contributed by atoms with E-state index in [1.807, 2.05) is 18.2 Å². The van der Waals surface area contributed by atoms with Gasteiger partial charge >= 0.3 is 0 Å². The van der Waals surface area contributed by atoms with Gasteiger partial charge in [-0.25, -0.2) is 4.68 Å². The molecule has 1 aliphatic heterocycles. The second-order valence-electron chi connectivity index (χ2n) is 8.15. The Hall–Kier alpha value is -2.92. The lowest BCUT2D eigenvalue weighted by molar-refractivity contribution is 0.0677. The molecule has 4 rings (SSSR count). The lowest BCUT2D eigenvalue weighted by Gasteiger charge is -2.31. The fourth-order valence-corrected chi connectivity index (χ4v) is 4.26. The van der Waals surface area contributed by atoms with Crippen LogP contribution in [0.1, 0.15) is 41.0 Å². The van der Waals surface area contributed by atoms with Crippen LogP contribution in [-0.2, 0) is 6.42 Å². The molecule has 0 radical (unpaired) electrons. The molecule has 1 aromatic heterocycles. The van der Waals surface area contributed by atoms with E-state index in [0.29, 0.717) is 29.7 Å². The van der Waals surface area contributed by atoms with Gasteiger partial charge in [-0.3, -0.25) is 9.59 Å². The van der Waals surface area contributed by atoms with Crippen molar-refractivity contribution >= 4 is 17.5 Å². The maximum atomic E-state index is 13.1. The molecule has 1 fully saturated rings. The summed E-state index contributed by atoms with van der Waals surface area (Å²) in [6, 6.07) is 19.1. The molecule has 2 heterocycles. The summed E-state index contributed by atoms with van der Waals surface area (Å²) in [7, 11) is 0. The van der Waals surface area contributed by atoms with Crippen molar-refractivity contribution in [1.29, 1.82) is 0 Å². The zero-order chi connectivity index (χ0) is 21.8. The van der Waals surface area contributed by atoms with Gasteiger partial charge in [0, 0.05) is 29.9 Å². The molecule has 3 aromatic rings. The highest BCUT2D eigenvalue weighted by Gasteiger charge is 2.26. The van der Waals surface area contributed by atoms with Crippen LogP contribution in [0.5, 0.6) is 0 Å². The Morgan fingerprint density at radius 2 is 1.74 bits per heavy atom. The lowest BCUT2D eigenvalue weighted by Crippen LogP contribution is -2.41. The second kappa shape index (κ2) is 9.48. The van der Waals surface area contributed by atoms with Gasteiger partial charge in [0.1, 0.15) is 0 Å². The number of aromatic nitrogens is 2. The molecule has 1 saturated heterocycles. The van der Waals surface area contributed by atoms with Crippen molar-refractivity contribution in [2.45, 2.75) is 32.6 Å². The molecule has 5 nitrogen and oxygen atoms in total. The van der Waals surface area contributed by atoms with E-state index in [9.17, 15) is 9.59 Å². The smallest absolute Gasteiger partial charge is 0.278 e. The second-order valence-corrected chi connectivity index (χ2v) is 8.58. The van der Waals surface area contributed by atoms with Gasteiger partial charge in [0.25, 0.3) is 5.91 Å². The van der Waals surface area contributed by atoms with E-state index < -0.39 is 0 Å². The van der Waals surface area contributed by atoms with Gasteiger partial charge in [-0.05, 0) is 68.4 Å². The number of carbonyl (C=O) groups excluding carboxylic acids is 1. The van der Waals surface area contributed by atoms with Gasteiger partial charge in [-0.2, -0.15) is 5.10 Å². The van der Waals surface area contributed by atoms with Crippen LogP contribution in [0.15, 0.2) is 65.5 Å². The Morgan fingerprint density at radius 3 is 2.42 bits per heavy atom. The van der Waals surface area contributed by atoms with Crippen molar-refractivity contribution in [2.75, 3.05) is 13.1 Å². The summed E-state index contributed by atoms with van der Waals surface area (Å²) in [4.78, 5) is 27.4. The molecular weight excluding hydrogens is 410 g/mol. The van der Waals surface area contributed by atoms with Gasteiger partial charge in [-0.15, -0.1) is 0 Å². The fourth-order valence-electron chi connectivity index (χ4n) is 4.13. The van der Waals surface area contributed by atoms with E-state index in [1.54, 1.807) is 28.6 Å². The van der Waals surface area contributed by atoms with E-state index >= 15 is 0 Å². The quantitative estimate of drug-likeness (QED) is 0.584. The summed E-state index contributed by atoms with van der Waals surface area (Å²) in [6.45, 7) is 3.12. The summed E-state index contributed by atoms with van der Waals surface area (Å²) < 4.78 is 1.62. The molecule has 160 valence electrons. The fraction of sp³-hybridized carbons (Fsp3) is 0.320. The van der Waals surface area contributed by atoms with Crippen LogP contribution < -0.4 is 5.43 Å². The van der Waals surface area contributed by atoms with Crippen molar-refractivity contribution in [1.82, 2.24) is 14.7 Å². The number of rotatable bonds is 5. The molecule has 31 heavy (non-hydrogen) atoms. The highest BCUT2D eigenvalue weighted by atomic mass is 35.5. The summed E-state index contributed by atoms with van der Waals surface area (Å²) in [5.74, 6) is 0.315. The largest absolute Gasteiger partial charge is 0.337 e. The molecule has 1 aliphatic rings. The van der Waals surface area contributed by atoms with Crippen molar-refractivity contribution in [2.24, 2.45) is 5.92 Å². The standard InChI is InChI=1S/C25H26ClN3O2/c1-18-17-23(30)24(27-29(18)22-11-9-21(26)10-12-22)25(31)28-15-13-20(14-16-28)8-7-19-5-3-2-4-6-19/h2-6,9-12,17,20H,7-8,13-16H2,1H3. The Bertz CT molecular complexity index is 1100. The number of nitrogens with zero attached hydrogens (tertiary/aromatic N) is 3. The van der Waals surface area contributed by atoms with Crippen LogP contribution in [-0.4, -0.2) is 33.7 Å². The Morgan fingerprint density at radius 1 is 1.06 bits per heavy atom. The predicted octanol–water partition coefficient (Wildman–Crippen LogP) is 4.68. The molecule has 0 bridgehead atoms. The first kappa shape index (κ1) is 21.3. The van der Waals surface area contributed by atoms with Gasteiger partial charge in [-0.1, -0.05) is 41.9 Å². The Balaban J connectivity index is 1.43. The van der Waals surface area contributed by atoms with E-state index in [4.69, 9.17) is 11.6 Å². The van der Waals surface area contributed by atoms with Crippen LogP contribution in [0.4, 0.5) is 0 Å². The average Bonchev–Trinajstić information content (AvgIpc) is 2.79. The molecular formula is C25H26ClN3O2. The molecule has 0 unspecified atom stereocenters. The Labute approximate surface area is 187 Å². The van der Waals surface area contributed by atoms with Gasteiger partial charge in [0.05, 0.1) is 5.69 Å². The van der Waals surface area contributed by atoms with Crippen molar-refractivity contribution in [3.05, 3.63) is 92.9 Å². The molecule has 0 atom stereocenters. The third-order valence-corrected chi connectivity index (χ3v) is 6.22. The third kappa shape index (κ3) is 5.05. The van der Waals surface area contributed by atoms with Crippen molar-refractivity contribution in [3.8, 4) is 5.69 Å². The lowest BCUT2D eigenvalue weighted by atomic mass is 9.90. The van der Waals surface area contributed by atoms with Gasteiger partial charge in [0.15, 0.2) is 5.69 Å². The summed E-state index contributed by atoms with van der Waals surface area (Å²) >= 11 is 5.98. The Kier molecular flexibility index (Phi) is 6.52. The molecule has 0 saturated carbocycles. The summed E-state index contributed by atoms with van der Waals surface area (Å²) in [5, 5.41) is 5.03. The number of piperidine rings is 1. The van der Waals surface area contributed by atoms with E-state index in [-0.39, 0.29) is 17.0 Å². The molecule has 0 spiro atoms. The minimum absolute atomic E-state index is 0.0247. The SMILES string of the molecule is Cc1cc(=O)c(C(=O)N2CCC(CCc3ccccc3)CC2)nn1-c1ccc(Cl)cc1. The number of aryl methyl sites for hydroxylation is 2. The molecule has 1 amide bonds. The number of hydrogen-bond acceptors (Lipinski definition) is 3. The first-order chi connectivity index (χ1) is 15.0. The zero-order valence-corrected chi connectivity index (χ0v) is 18.4. The maximum absolute atomic E-state index is 13.1. The van der Waals surface area contributed by atoms with Crippen LogP contribution in [0.2, 0.25) is 5.02 Å². The highest BCUT2D eigenvalue weighted by Crippen LogP contribution is 2.23. The summed E-state index contributed by atoms with van der Waals surface area (Å²) in [5.41, 5.74) is 2.42. The molecule has 0 aliphatic carbocycles. The van der Waals surface area contributed by atoms with Gasteiger partial charge in [0.2, 0.25) is 5.43 Å². The topological polar surface area (TPSA) is 55.2 Å². The molecule has 0 N–H and O–H groups in total. The van der Waals surface area contributed by atoms with E-state index in [0.717, 1.165) is 31.4 Å². The van der Waals surface area contributed by atoms with E-state index in [2.05, 4.69) is 29.4 Å². The van der Waals surface area contributed by atoms with Crippen LogP contribution in [0.25, 0.3) is 5.69 Å². The average molecular weight is 436 g/mol. The van der Waals surface area contributed by atoms with Crippen LogP contribution in [0, 0.1) is 12.8 Å². The molecule has 2 aromatic carbocycles. The molecule has 6 heteroatoms. The van der Waals surface area contributed by atoms with Crippen molar-refractivity contribution in [3.63, 3.8) is 0 Å². The van der Waals surface area contributed by atoms with Gasteiger partial charge < -0.3 is 4.90 Å². The minimum atomic E-state index is -0.334. The zero-order valence-electron chi connectivity index (χ0n) is 17.6. The summed E-state index contributed by atoms with van der Waals surface area (Å²) in [6.07, 6.45) is 4.09. The number of halogens is 1. The van der Waals surface area contributed by atoms with Crippen LogP contribution >= 0.6 is 11.6 Å². The number of carbonyl (C=O) groups is 1. The number of benzene rings is 2. The normalized spacial score (nSPS) is 14.6. The number of amides is 1. The van der Waals surface area contributed by atoms with Crippen molar-refractivity contribution < 1.29 is 4.79 Å². The maximum Gasteiger partial charge on any atom is 0.278 e.